The van der Waals surface area contributed by atoms with Crippen molar-refractivity contribution in [2.24, 2.45) is 0 Å². The molecule has 0 radical (unpaired) electrons. The minimum absolute atomic E-state index is 0.248. The predicted molar refractivity (Wildman–Crippen MR) is 202 cm³/mol. The first-order chi connectivity index (χ1) is 26.6. The lowest BCUT2D eigenvalue weighted by atomic mass is 10.1. The molecular formula is C41H43F4N5O7. The Morgan fingerprint density at radius 2 is 1.21 bits per heavy atom. The topological polar surface area (TPSA) is 131 Å². The number of benzene rings is 3. The summed E-state index contributed by atoms with van der Waals surface area (Å²) in [6, 6.07) is 18.2. The van der Waals surface area contributed by atoms with Gasteiger partial charge in [-0.25, -0.2) is 27.2 Å². The summed E-state index contributed by atoms with van der Waals surface area (Å²) in [5, 5.41) is 6.04. The van der Waals surface area contributed by atoms with Crippen molar-refractivity contribution in [2.75, 3.05) is 23.7 Å². The van der Waals surface area contributed by atoms with Crippen LogP contribution in [0.25, 0.3) is 22.2 Å². The number of nitrogens with one attached hydrogen (secondary N) is 2. The zero-order valence-electron chi connectivity index (χ0n) is 32.2. The number of rotatable bonds is 5. The molecule has 3 atom stereocenters. The van der Waals surface area contributed by atoms with E-state index in [1.807, 2.05) is 41.0 Å². The van der Waals surface area contributed by atoms with E-state index in [9.17, 15) is 36.7 Å². The SMILES string of the molecule is CC(C)(C)OC(=O)N1CC(F)(F)C[C@H]1C(=O)Nc1ccc2c(c1)OC(c1ccccc1)n1c-2cc2cc(NC(=O)[C@@H]3CC(F)(F)CN3C(=O)OC(C)(C)C)ccc21. The highest BCUT2D eigenvalue weighted by atomic mass is 19.3. The zero-order chi connectivity index (χ0) is 41.2. The van der Waals surface area contributed by atoms with Crippen molar-refractivity contribution in [2.45, 2.75) is 95.7 Å². The van der Waals surface area contributed by atoms with Gasteiger partial charge in [-0.15, -0.1) is 0 Å². The summed E-state index contributed by atoms with van der Waals surface area (Å²) in [7, 11) is 0. The molecule has 2 saturated heterocycles. The molecule has 302 valence electrons. The molecule has 7 rings (SSSR count). The Balaban J connectivity index is 1.17. The van der Waals surface area contributed by atoms with Gasteiger partial charge in [0.1, 0.15) is 29.0 Å². The highest BCUT2D eigenvalue weighted by molar-refractivity contribution is 6.00. The van der Waals surface area contributed by atoms with Gasteiger partial charge in [-0.2, -0.15) is 0 Å². The number of fused-ring (bicyclic) bond motifs is 5. The maximum absolute atomic E-state index is 14.6. The predicted octanol–water partition coefficient (Wildman–Crippen LogP) is 8.41. The van der Waals surface area contributed by atoms with E-state index in [4.69, 9.17) is 14.2 Å². The third kappa shape index (κ3) is 8.35. The Morgan fingerprint density at radius 1 is 0.702 bits per heavy atom. The smallest absolute Gasteiger partial charge is 0.411 e. The molecule has 0 bridgehead atoms. The van der Waals surface area contributed by atoms with Crippen molar-refractivity contribution < 1.29 is 51.0 Å². The molecule has 12 nitrogen and oxygen atoms in total. The summed E-state index contributed by atoms with van der Waals surface area (Å²) in [5.41, 5.74) is 1.48. The first-order valence-electron chi connectivity index (χ1n) is 18.4. The molecular weight excluding hydrogens is 750 g/mol. The van der Waals surface area contributed by atoms with Crippen LogP contribution in [0.15, 0.2) is 72.8 Å². The largest absolute Gasteiger partial charge is 0.465 e. The number of amides is 4. The molecule has 4 aromatic rings. The second kappa shape index (κ2) is 14.0. The van der Waals surface area contributed by atoms with Gasteiger partial charge in [-0.3, -0.25) is 19.4 Å². The van der Waals surface area contributed by atoms with E-state index < -0.39 is 91.3 Å². The standard InChI is InChI=1S/C41H43F4N5O7/c1-38(2,3)56-36(53)48-21-40(42,43)19-30(48)33(51)46-25-13-15-28-24(16-25)17-29-27-14-12-26(18-32(27)55-35(50(28)29)23-10-8-7-9-11-23)47-34(52)31-20-41(44,45)22-49(31)37(54)57-39(4,5)6/h7-18,30-31,35H,19-22H2,1-6H3,(H,46,51)(H,47,52)/t30-,31-,35?/m0/s1. The number of halogens is 4. The molecule has 1 unspecified atom stereocenters. The minimum atomic E-state index is -3.29. The van der Waals surface area contributed by atoms with E-state index >= 15 is 0 Å². The van der Waals surface area contributed by atoms with Crippen molar-refractivity contribution in [3.63, 3.8) is 0 Å². The number of carbonyl (C=O) groups excluding carboxylic acids is 4. The number of aromatic nitrogens is 1. The fourth-order valence-electron chi connectivity index (χ4n) is 7.27. The number of anilines is 2. The Labute approximate surface area is 326 Å². The maximum atomic E-state index is 14.6. The lowest BCUT2D eigenvalue weighted by Gasteiger charge is -2.31. The van der Waals surface area contributed by atoms with Crippen LogP contribution in [0.5, 0.6) is 5.75 Å². The van der Waals surface area contributed by atoms with E-state index in [2.05, 4.69) is 10.6 Å². The minimum Gasteiger partial charge on any atom is -0.465 e. The van der Waals surface area contributed by atoms with Gasteiger partial charge in [-0.1, -0.05) is 30.3 Å². The van der Waals surface area contributed by atoms with Gasteiger partial charge in [-0.05, 0) is 77.9 Å². The Kier molecular flexibility index (Phi) is 9.68. The quantitative estimate of drug-likeness (QED) is 0.194. The van der Waals surface area contributed by atoms with E-state index in [0.29, 0.717) is 33.6 Å². The van der Waals surface area contributed by atoms with Crippen LogP contribution < -0.4 is 15.4 Å². The number of carbonyl (C=O) groups is 4. The highest BCUT2D eigenvalue weighted by Gasteiger charge is 2.52. The molecule has 0 saturated carbocycles. The Hall–Kier alpha value is -5.80. The van der Waals surface area contributed by atoms with E-state index in [-0.39, 0.29) is 5.69 Å². The van der Waals surface area contributed by atoms with Gasteiger partial charge in [0, 0.05) is 46.8 Å². The highest BCUT2D eigenvalue weighted by Crippen LogP contribution is 2.46. The Bertz CT molecular complexity index is 2250. The molecule has 2 N–H and O–H groups in total. The molecule has 3 aliphatic heterocycles. The molecule has 4 heterocycles. The van der Waals surface area contributed by atoms with Crippen molar-refractivity contribution in [3.8, 4) is 17.0 Å². The first kappa shape index (κ1) is 39.4. The number of ether oxygens (including phenoxy) is 3. The summed E-state index contributed by atoms with van der Waals surface area (Å²) in [6.45, 7) is 7.72. The number of alkyl halides is 4. The summed E-state index contributed by atoms with van der Waals surface area (Å²) in [6.07, 6.45) is -4.46. The average molecular weight is 794 g/mol. The van der Waals surface area contributed by atoms with Crippen LogP contribution in [0.1, 0.15) is 66.2 Å². The van der Waals surface area contributed by atoms with Gasteiger partial charge in [0.25, 0.3) is 11.8 Å². The summed E-state index contributed by atoms with van der Waals surface area (Å²) in [4.78, 5) is 54.0. The van der Waals surface area contributed by atoms with Gasteiger partial charge in [0.15, 0.2) is 0 Å². The molecule has 0 aliphatic carbocycles. The van der Waals surface area contributed by atoms with Crippen LogP contribution in [-0.4, -0.2) is 86.6 Å². The first-order valence-corrected chi connectivity index (χ1v) is 18.4. The van der Waals surface area contributed by atoms with Crippen LogP contribution in [0.3, 0.4) is 0 Å². The van der Waals surface area contributed by atoms with E-state index in [1.165, 1.54) is 0 Å². The molecule has 4 amide bonds. The number of hydrogen-bond acceptors (Lipinski definition) is 7. The molecule has 1 aromatic heterocycles. The van der Waals surface area contributed by atoms with Gasteiger partial charge < -0.3 is 29.4 Å². The maximum Gasteiger partial charge on any atom is 0.411 e. The summed E-state index contributed by atoms with van der Waals surface area (Å²) < 4.78 is 77.3. The average Bonchev–Trinajstić information content (AvgIpc) is 3.76. The number of hydrogen-bond donors (Lipinski definition) is 2. The fourth-order valence-corrected chi connectivity index (χ4v) is 7.27. The third-order valence-electron chi connectivity index (χ3n) is 9.59. The van der Waals surface area contributed by atoms with Crippen molar-refractivity contribution in [1.29, 1.82) is 0 Å². The van der Waals surface area contributed by atoms with Crippen LogP contribution in [-0.2, 0) is 19.1 Å². The second-order valence-corrected chi connectivity index (χ2v) is 16.6. The van der Waals surface area contributed by atoms with Crippen LogP contribution in [0.4, 0.5) is 38.5 Å². The van der Waals surface area contributed by atoms with E-state index in [0.717, 1.165) is 15.4 Å². The second-order valence-electron chi connectivity index (χ2n) is 16.6. The van der Waals surface area contributed by atoms with Gasteiger partial charge in [0.05, 0.1) is 24.3 Å². The van der Waals surface area contributed by atoms with Crippen molar-refractivity contribution >= 4 is 46.3 Å². The Morgan fingerprint density at radius 3 is 1.74 bits per heavy atom. The summed E-state index contributed by atoms with van der Waals surface area (Å²) >= 11 is 0. The molecule has 0 spiro atoms. The van der Waals surface area contributed by atoms with Crippen molar-refractivity contribution in [1.82, 2.24) is 14.4 Å². The van der Waals surface area contributed by atoms with E-state index in [1.54, 1.807) is 77.9 Å². The number of nitrogens with zero attached hydrogens (tertiary/aromatic N) is 3. The normalized spacial score (nSPS) is 21.0. The van der Waals surface area contributed by atoms with Gasteiger partial charge in [0.2, 0.25) is 18.0 Å². The summed E-state index contributed by atoms with van der Waals surface area (Å²) in [5.74, 6) is -7.80. The van der Waals surface area contributed by atoms with Crippen LogP contribution >= 0.6 is 0 Å². The monoisotopic (exact) mass is 793 g/mol. The molecule has 3 aromatic carbocycles. The number of likely N-dealkylation sites (tertiary alicyclic amines) is 2. The fraction of sp³-hybridized carbons (Fsp3) is 0.415. The molecule has 2 fully saturated rings. The zero-order valence-corrected chi connectivity index (χ0v) is 32.2. The van der Waals surface area contributed by atoms with Crippen LogP contribution in [0, 0.1) is 0 Å². The lowest BCUT2D eigenvalue weighted by molar-refractivity contribution is -0.121. The third-order valence-corrected chi connectivity index (χ3v) is 9.59. The van der Waals surface area contributed by atoms with Gasteiger partial charge >= 0.3 is 12.2 Å². The van der Waals surface area contributed by atoms with Crippen LogP contribution in [0.2, 0.25) is 0 Å². The molecule has 16 heteroatoms. The molecule has 57 heavy (non-hydrogen) atoms. The lowest BCUT2D eigenvalue weighted by Crippen LogP contribution is -2.45. The van der Waals surface area contributed by atoms with Crippen molar-refractivity contribution in [3.05, 3.63) is 78.4 Å². The molecule has 3 aliphatic rings.